The van der Waals surface area contributed by atoms with Gasteiger partial charge in [-0.25, -0.2) is 0 Å². The van der Waals surface area contributed by atoms with Crippen LogP contribution < -0.4 is 0 Å². The molecule has 0 spiro atoms. The number of fused-ring (bicyclic) bond motifs is 1. The summed E-state index contributed by atoms with van der Waals surface area (Å²) in [7, 11) is 0. The lowest BCUT2D eigenvalue weighted by Gasteiger charge is -2.35. The first kappa shape index (κ1) is 26.9. The molecule has 0 radical (unpaired) electrons. The maximum absolute atomic E-state index is 12.6. The largest absolute Gasteiger partial charge is 0.481 e. The number of thiophene rings is 1. The van der Waals surface area contributed by atoms with Crippen LogP contribution in [0.1, 0.15) is 48.3 Å². The Bertz CT molecular complexity index is 1310. The van der Waals surface area contributed by atoms with Gasteiger partial charge in [0.05, 0.1) is 17.7 Å². The lowest BCUT2D eigenvalue weighted by Crippen LogP contribution is -2.50. The second kappa shape index (κ2) is 10.8. The summed E-state index contributed by atoms with van der Waals surface area (Å²) in [5.74, 6) is -0.528. The van der Waals surface area contributed by atoms with Gasteiger partial charge in [-0.2, -0.15) is 0 Å². The fourth-order valence-corrected chi connectivity index (χ4v) is 6.95. The molecule has 2 aliphatic heterocycles. The molecule has 0 aliphatic carbocycles. The molecule has 0 atom stereocenters. The standard InChI is InChI=1S/C30H40N4O3S/c1-20-15-21(2)17-22(16-20)27-23(24-18-25(38-28(24)31-27)30(3,4)29(36)37)7-10-32-11-13-33(14-12-32)19-26(35)34-8-5-6-9-34/h15-18,31H,5-14,19H2,1-4H3,(H,36,37). The number of amides is 1. The van der Waals surface area contributed by atoms with E-state index in [1.807, 2.05) is 4.90 Å². The zero-order valence-electron chi connectivity index (χ0n) is 23.1. The van der Waals surface area contributed by atoms with Gasteiger partial charge in [-0.3, -0.25) is 14.5 Å². The first-order valence-electron chi connectivity index (χ1n) is 13.8. The summed E-state index contributed by atoms with van der Waals surface area (Å²) >= 11 is 1.56. The van der Waals surface area contributed by atoms with Crippen LogP contribution in [0.15, 0.2) is 24.3 Å². The van der Waals surface area contributed by atoms with E-state index in [1.165, 1.54) is 22.3 Å². The van der Waals surface area contributed by atoms with Gasteiger partial charge >= 0.3 is 5.97 Å². The van der Waals surface area contributed by atoms with Crippen LogP contribution in [0, 0.1) is 13.8 Å². The number of carbonyl (C=O) groups excluding carboxylic acids is 1. The number of carboxylic acids is 1. The lowest BCUT2D eigenvalue weighted by atomic mass is 9.91. The molecule has 0 saturated carbocycles. The van der Waals surface area contributed by atoms with Crippen LogP contribution in [0.4, 0.5) is 0 Å². The van der Waals surface area contributed by atoms with Crippen molar-refractivity contribution < 1.29 is 14.7 Å². The molecule has 4 heterocycles. The molecule has 5 rings (SSSR count). The van der Waals surface area contributed by atoms with Crippen molar-refractivity contribution in [3.8, 4) is 11.3 Å². The molecule has 0 bridgehead atoms. The van der Waals surface area contributed by atoms with Crippen LogP contribution >= 0.6 is 11.3 Å². The molecule has 2 aliphatic rings. The van der Waals surface area contributed by atoms with Crippen molar-refractivity contribution >= 4 is 33.4 Å². The van der Waals surface area contributed by atoms with Crippen LogP contribution in [0.25, 0.3) is 21.5 Å². The van der Waals surface area contributed by atoms with Crippen LogP contribution in [0.3, 0.4) is 0 Å². The van der Waals surface area contributed by atoms with Crippen molar-refractivity contribution in [2.24, 2.45) is 0 Å². The van der Waals surface area contributed by atoms with Crippen molar-refractivity contribution in [2.75, 3.05) is 52.4 Å². The molecule has 1 amide bonds. The molecular formula is C30H40N4O3S. The van der Waals surface area contributed by atoms with Gasteiger partial charge in [-0.15, -0.1) is 11.3 Å². The molecule has 3 aromatic rings. The molecule has 8 heteroatoms. The third-order valence-electron chi connectivity index (χ3n) is 8.22. The molecule has 38 heavy (non-hydrogen) atoms. The van der Waals surface area contributed by atoms with Gasteiger partial charge in [0.1, 0.15) is 4.83 Å². The van der Waals surface area contributed by atoms with Crippen molar-refractivity contribution in [1.29, 1.82) is 0 Å². The molecule has 204 valence electrons. The van der Waals surface area contributed by atoms with Crippen LogP contribution in [0.2, 0.25) is 0 Å². The molecule has 2 aromatic heterocycles. The predicted molar refractivity (Wildman–Crippen MR) is 154 cm³/mol. The molecule has 0 unspecified atom stereocenters. The van der Waals surface area contributed by atoms with E-state index in [0.717, 1.165) is 85.9 Å². The van der Waals surface area contributed by atoms with Gasteiger partial charge in [0.25, 0.3) is 0 Å². The average Bonchev–Trinajstić information content (AvgIpc) is 3.60. The summed E-state index contributed by atoms with van der Waals surface area (Å²) in [5, 5.41) is 10.9. The van der Waals surface area contributed by atoms with E-state index in [9.17, 15) is 14.7 Å². The van der Waals surface area contributed by atoms with Crippen molar-refractivity contribution in [2.45, 2.75) is 52.4 Å². The number of nitrogens with one attached hydrogen (secondary N) is 1. The number of carbonyl (C=O) groups is 2. The number of aromatic amines is 1. The fourth-order valence-electron chi connectivity index (χ4n) is 5.77. The number of nitrogens with zero attached hydrogens (tertiary/aromatic N) is 3. The van der Waals surface area contributed by atoms with E-state index in [-0.39, 0.29) is 5.91 Å². The number of likely N-dealkylation sites (tertiary alicyclic amines) is 1. The SMILES string of the molecule is Cc1cc(C)cc(-c2[nH]c3sc(C(C)(C)C(=O)O)cc3c2CCN2CCN(CC(=O)N3CCCC3)CC2)c1. The predicted octanol–water partition coefficient (Wildman–Crippen LogP) is 4.66. The van der Waals surface area contributed by atoms with Gasteiger partial charge in [0.2, 0.25) is 5.91 Å². The highest BCUT2D eigenvalue weighted by Crippen LogP contribution is 2.40. The third kappa shape index (κ3) is 5.53. The van der Waals surface area contributed by atoms with Crippen molar-refractivity contribution in [3.05, 3.63) is 45.8 Å². The summed E-state index contributed by atoms with van der Waals surface area (Å²) in [5.41, 5.74) is 5.13. The lowest BCUT2D eigenvalue weighted by molar-refractivity contribution is -0.142. The molecular weight excluding hydrogens is 496 g/mol. The highest BCUT2D eigenvalue weighted by atomic mass is 32.1. The van der Waals surface area contributed by atoms with Gasteiger partial charge in [-0.05, 0) is 76.3 Å². The number of hydrogen-bond donors (Lipinski definition) is 2. The number of aryl methyl sites for hydroxylation is 2. The topological polar surface area (TPSA) is 79.9 Å². The Morgan fingerprint density at radius 3 is 2.21 bits per heavy atom. The minimum atomic E-state index is -0.926. The quantitative estimate of drug-likeness (QED) is 0.438. The number of hydrogen-bond acceptors (Lipinski definition) is 5. The number of aliphatic carboxylic acids is 1. The summed E-state index contributed by atoms with van der Waals surface area (Å²) in [6.45, 7) is 14.9. The maximum atomic E-state index is 12.6. The third-order valence-corrected chi connectivity index (χ3v) is 9.59. The van der Waals surface area contributed by atoms with E-state index < -0.39 is 11.4 Å². The van der Waals surface area contributed by atoms with Gasteiger partial charge in [0.15, 0.2) is 0 Å². The molecule has 1 aromatic carbocycles. The van der Waals surface area contributed by atoms with Crippen LogP contribution in [-0.4, -0.2) is 89.0 Å². The summed E-state index contributed by atoms with van der Waals surface area (Å²) in [6, 6.07) is 8.73. The summed E-state index contributed by atoms with van der Waals surface area (Å²) in [4.78, 5) is 36.9. The molecule has 2 N–H and O–H groups in total. The Kier molecular flexibility index (Phi) is 7.67. The molecule has 2 fully saturated rings. The number of benzene rings is 1. The van der Waals surface area contributed by atoms with Crippen molar-refractivity contribution in [1.82, 2.24) is 19.7 Å². The average molecular weight is 537 g/mol. The van der Waals surface area contributed by atoms with Gasteiger partial charge in [0, 0.05) is 56.1 Å². The zero-order chi connectivity index (χ0) is 27.0. The normalized spacial score (nSPS) is 17.5. The second-order valence-corrected chi connectivity index (χ2v) is 12.6. The maximum Gasteiger partial charge on any atom is 0.314 e. The fraction of sp³-hybridized carbons (Fsp3) is 0.533. The molecule has 2 saturated heterocycles. The van der Waals surface area contributed by atoms with Crippen LogP contribution in [0.5, 0.6) is 0 Å². The van der Waals surface area contributed by atoms with Crippen LogP contribution in [-0.2, 0) is 21.4 Å². The highest BCUT2D eigenvalue weighted by molar-refractivity contribution is 7.19. The number of carboxylic acid groups (broad SMARTS) is 1. The summed E-state index contributed by atoms with van der Waals surface area (Å²) in [6.07, 6.45) is 3.16. The highest BCUT2D eigenvalue weighted by Gasteiger charge is 2.32. The number of H-pyrrole nitrogens is 1. The first-order chi connectivity index (χ1) is 18.1. The number of piperazine rings is 1. The monoisotopic (exact) mass is 536 g/mol. The smallest absolute Gasteiger partial charge is 0.314 e. The van der Waals surface area contributed by atoms with E-state index in [4.69, 9.17) is 0 Å². The van der Waals surface area contributed by atoms with Gasteiger partial charge in [-0.1, -0.05) is 17.2 Å². The second-order valence-electron chi connectivity index (χ2n) is 11.6. The minimum Gasteiger partial charge on any atom is -0.481 e. The molecule has 7 nitrogen and oxygen atoms in total. The Morgan fingerprint density at radius 1 is 0.947 bits per heavy atom. The zero-order valence-corrected chi connectivity index (χ0v) is 23.9. The minimum absolute atomic E-state index is 0.279. The van der Waals surface area contributed by atoms with Gasteiger partial charge < -0.3 is 19.9 Å². The first-order valence-corrected chi connectivity index (χ1v) is 14.6. The van der Waals surface area contributed by atoms with Crippen molar-refractivity contribution in [3.63, 3.8) is 0 Å². The van der Waals surface area contributed by atoms with E-state index in [1.54, 1.807) is 25.2 Å². The summed E-state index contributed by atoms with van der Waals surface area (Å²) < 4.78 is 0. The van der Waals surface area contributed by atoms with E-state index >= 15 is 0 Å². The van der Waals surface area contributed by atoms with E-state index in [2.05, 4.69) is 52.9 Å². The Hall–Kier alpha value is -2.68. The van der Waals surface area contributed by atoms with E-state index in [0.29, 0.717) is 6.54 Å². The Balaban J connectivity index is 1.33. The number of rotatable bonds is 8. The number of aromatic nitrogens is 1. The Labute approximate surface area is 229 Å². The Morgan fingerprint density at radius 2 is 1.58 bits per heavy atom.